The summed E-state index contributed by atoms with van der Waals surface area (Å²) >= 11 is 0. The lowest BCUT2D eigenvalue weighted by molar-refractivity contribution is -0.137. The second-order valence-electron chi connectivity index (χ2n) is 7.18. The molecular weight excluding hydrogens is 362 g/mol. The van der Waals surface area contributed by atoms with Crippen LogP contribution in [0.15, 0.2) is 34.8 Å². The number of pyridine rings is 1. The Hall–Kier alpha value is -1.84. The first-order chi connectivity index (χ1) is 12.9. The molecule has 3 aliphatic heterocycles. The number of allylic oxidation sites excluding steroid dienone is 1. The first-order valence-corrected chi connectivity index (χ1v) is 9.08. The fourth-order valence-corrected chi connectivity index (χ4v) is 3.88. The number of alkyl halides is 3. The van der Waals surface area contributed by atoms with E-state index in [9.17, 15) is 17.6 Å². The molecular formula is C18H21F4N5. The number of hydrazine groups is 1. The molecule has 4 heterocycles. The van der Waals surface area contributed by atoms with Crippen molar-refractivity contribution in [2.45, 2.75) is 44.1 Å². The van der Waals surface area contributed by atoms with E-state index in [1.165, 1.54) is 6.07 Å². The van der Waals surface area contributed by atoms with Gasteiger partial charge in [0.05, 0.1) is 23.0 Å². The smallest absolute Gasteiger partial charge is 0.295 e. The molecule has 0 spiro atoms. The summed E-state index contributed by atoms with van der Waals surface area (Å²) in [4.78, 5) is 10.4. The molecule has 2 atom stereocenters. The summed E-state index contributed by atoms with van der Waals surface area (Å²) in [7, 11) is 0. The zero-order valence-electron chi connectivity index (χ0n) is 14.7. The molecule has 0 bridgehead atoms. The minimum absolute atomic E-state index is 0.115. The Morgan fingerprint density at radius 3 is 2.78 bits per heavy atom. The summed E-state index contributed by atoms with van der Waals surface area (Å²) in [5.41, 5.74) is 3.74. The van der Waals surface area contributed by atoms with Gasteiger partial charge >= 0.3 is 6.18 Å². The molecule has 5 nitrogen and oxygen atoms in total. The van der Waals surface area contributed by atoms with Gasteiger partial charge in [-0.05, 0) is 25.0 Å². The molecule has 0 aromatic carbocycles. The van der Waals surface area contributed by atoms with Gasteiger partial charge in [0.15, 0.2) is 0 Å². The Balaban J connectivity index is 1.37. The first kappa shape index (κ1) is 18.5. The van der Waals surface area contributed by atoms with E-state index in [1.54, 1.807) is 6.21 Å². The standard InChI is InChI=1S/C18H21F4N5/c19-15-2-1-5-23-17(15)16-8-14-11-26(6-7-27(14)25-16)10-13-4-3-12(9-24-13)18(20,21)22/h3-5,9,14,16,25H,1-2,6-8,10-11H2. The number of piperazine rings is 1. The van der Waals surface area contributed by atoms with E-state index in [2.05, 4.69) is 25.3 Å². The molecule has 1 aromatic heterocycles. The van der Waals surface area contributed by atoms with E-state index >= 15 is 0 Å². The van der Waals surface area contributed by atoms with E-state index in [4.69, 9.17) is 0 Å². The molecule has 0 radical (unpaired) electrons. The second-order valence-corrected chi connectivity index (χ2v) is 7.18. The number of hydrogen-bond donors (Lipinski definition) is 1. The molecule has 4 rings (SSSR count). The molecule has 9 heteroatoms. The summed E-state index contributed by atoms with van der Waals surface area (Å²) in [6, 6.07) is 2.61. The van der Waals surface area contributed by atoms with Crippen molar-refractivity contribution in [1.29, 1.82) is 0 Å². The zero-order valence-corrected chi connectivity index (χ0v) is 14.7. The van der Waals surface area contributed by atoms with Gasteiger partial charge in [-0.2, -0.15) is 13.2 Å². The van der Waals surface area contributed by atoms with Crippen molar-refractivity contribution in [3.05, 3.63) is 41.1 Å². The molecule has 0 aliphatic carbocycles. The predicted octanol–water partition coefficient (Wildman–Crippen LogP) is 2.91. The molecule has 146 valence electrons. The van der Waals surface area contributed by atoms with Crippen LogP contribution >= 0.6 is 0 Å². The van der Waals surface area contributed by atoms with Crippen LogP contribution in [0.2, 0.25) is 0 Å². The highest BCUT2D eigenvalue weighted by Gasteiger charge is 2.38. The van der Waals surface area contributed by atoms with Crippen LogP contribution in [0.4, 0.5) is 17.6 Å². The van der Waals surface area contributed by atoms with E-state index < -0.39 is 11.7 Å². The summed E-state index contributed by atoms with van der Waals surface area (Å²) in [5.74, 6) is -0.138. The number of aromatic nitrogens is 1. The van der Waals surface area contributed by atoms with Gasteiger partial charge in [0.1, 0.15) is 5.83 Å². The van der Waals surface area contributed by atoms with Gasteiger partial charge < -0.3 is 0 Å². The van der Waals surface area contributed by atoms with Gasteiger partial charge in [-0.1, -0.05) is 0 Å². The van der Waals surface area contributed by atoms with Gasteiger partial charge in [-0.3, -0.25) is 14.9 Å². The SMILES string of the molecule is FC1=C(C2CC3CN(Cc4ccc(C(F)(F)F)cn4)CCN3N2)N=CCC1. The molecule has 3 aliphatic rings. The minimum Gasteiger partial charge on any atom is -0.295 e. The zero-order chi connectivity index (χ0) is 19.0. The van der Waals surface area contributed by atoms with Crippen LogP contribution in [-0.4, -0.2) is 52.8 Å². The predicted molar refractivity (Wildman–Crippen MR) is 92.4 cm³/mol. The highest BCUT2D eigenvalue weighted by molar-refractivity contribution is 5.61. The van der Waals surface area contributed by atoms with Crippen LogP contribution < -0.4 is 5.43 Å². The molecule has 27 heavy (non-hydrogen) atoms. The first-order valence-electron chi connectivity index (χ1n) is 9.08. The quantitative estimate of drug-likeness (QED) is 0.816. The van der Waals surface area contributed by atoms with Crippen LogP contribution in [0.3, 0.4) is 0 Å². The Morgan fingerprint density at radius 2 is 2.07 bits per heavy atom. The Bertz CT molecular complexity index is 743. The average molecular weight is 383 g/mol. The van der Waals surface area contributed by atoms with Crippen molar-refractivity contribution in [2.75, 3.05) is 19.6 Å². The third-order valence-electron chi connectivity index (χ3n) is 5.27. The van der Waals surface area contributed by atoms with Gasteiger partial charge in [-0.25, -0.2) is 14.8 Å². The summed E-state index contributed by atoms with van der Waals surface area (Å²) < 4.78 is 52.0. The fraction of sp³-hybridized carbons (Fsp3) is 0.556. The fourth-order valence-electron chi connectivity index (χ4n) is 3.88. The summed E-state index contributed by atoms with van der Waals surface area (Å²) in [5, 5.41) is 2.13. The number of hydrogen-bond acceptors (Lipinski definition) is 5. The Kier molecular flexibility index (Phi) is 5.00. The maximum atomic E-state index is 14.1. The van der Waals surface area contributed by atoms with Crippen LogP contribution in [0.5, 0.6) is 0 Å². The molecule has 0 saturated carbocycles. The topological polar surface area (TPSA) is 43.8 Å². The Morgan fingerprint density at radius 1 is 1.22 bits per heavy atom. The monoisotopic (exact) mass is 383 g/mol. The third-order valence-corrected chi connectivity index (χ3v) is 5.27. The molecule has 1 N–H and O–H groups in total. The molecule has 1 aromatic rings. The number of aliphatic imine (C=N–C) groups is 1. The average Bonchev–Trinajstić information content (AvgIpc) is 3.05. The van der Waals surface area contributed by atoms with Crippen LogP contribution in [0.25, 0.3) is 0 Å². The lowest BCUT2D eigenvalue weighted by Gasteiger charge is -2.36. The van der Waals surface area contributed by atoms with Crippen molar-refractivity contribution >= 4 is 6.21 Å². The highest BCUT2D eigenvalue weighted by Crippen LogP contribution is 2.30. The number of halogens is 4. The van der Waals surface area contributed by atoms with Gasteiger partial charge in [0, 0.05) is 51.1 Å². The van der Waals surface area contributed by atoms with Crippen molar-refractivity contribution in [2.24, 2.45) is 4.99 Å². The van der Waals surface area contributed by atoms with Crippen molar-refractivity contribution in [1.82, 2.24) is 20.3 Å². The maximum Gasteiger partial charge on any atom is 0.417 e. The number of nitrogens with one attached hydrogen (secondary N) is 1. The van der Waals surface area contributed by atoms with Crippen molar-refractivity contribution < 1.29 is 17.6 Å². The Labute approximate surface area is 154 Å². The van der Waals surface area contributed by atoms with Crippen LogP contribution in [0, 0.1) is 0 Å². The third kappa shape index (κ3) is 4.04. The van der Waals surface area contributed by atoms with E-state index in [0.717, 1.165) is 38.3 Å². The number of rotatable bonds is 3. The van der Waals surface area contributed by atoms with Crippen molar-refractivity contribution in [3.8, 4) is 0 Å². The summed E-state index contributed by atoms with van der Waals surface area (Å²) in [6.45, 7) is 2.79. The van der Waals surface area contributed by atoms with E-state index in [0.29, 0.717) is 30.8 Å². The van der Waals surface area contributed by atoms with Gasteiger partial charge in [0.2, 0.25) is 0 Å². The lowest BCUT2D eigenvalue weighted by Crippen LogP contribution is -2.53. The van der Waals surface area contributed by atoms with Gasteiger partial charge in [0.25, 0.3) is 0 Å². The second kappa shape index (κ2) is 7.29. The largest absolute Gasteiger partial charge is 0.417 e. The maximum absolute atomic E-state index is 14.1. The number of fused-ring (bicyclic) bond motifs is 1. The number of nitrogens with zero attached hydrogens (tertiary/aromatic N) is 4. The van der Waals surface area contributed by atoms with E-state index in [1.807, 2.05) is 0 Å². The lowest BCUT2D eigenvalue weighted by atomic mass is 10.0. The molecule has 2 fully saturated rings. The summed E-state index contributed by atoms with van der Waals surface area (Å²) in [6.07, 6.45) is 0.0931. The molecule has 2 saturated heterocycles. The highest BCUT2D eigenvalue weighted by atomic mass is 19.4. The minimum atomic E-state index is -4.37. The molecule has 0 amide bonds. The van der Waals surface area contributed by atoms with Crippen LogP contribution in [-0.2, 0) is 12.7 Å². The van der Waals surface area contributed by atoms with Gasteiger partial charge in [-0.15, -0.1) is 0 Å². The molecule has 2 unspecified atom stereocenters. The normalized spacial score (nSPS) is 27.3. The van der Waals surface area contributed by atoms with E-state index in [-0.39, 0.29) is 17.9 Å². The van der Waals surface area contributed by atoms with Crippen LogP contribution in [0.1, 0.15) is 30.5 Å². The van der Waals surface area contributed by atoms with Crippen molar-refractivity contribution in [3.63, 3.8) is 0 Å².